The lowest BCUT2D eigenvalue weighted by atomic mass is 10.2. The van der Waals surface area contributed by atoms with E-state index >= 15 is 0 Å². The summed E-state index contributed by atoms with van der Waals surface area (Å²) in [6.07, 6.45) is 3.35. The highest BCUT2D eigenvalue weighted by molar-refractivity contribution is 6.31. The summed E-state index contributed by atoms with van der Waals surface area (Å²) in [5, 5.41) is 0.377. The number of pyridine rings is 1. The number of aromatic nitrogens is 1. The van der Waals surface area contributed by atoms with Crippen molar-refractivity contribution in [3.63, 3.8) is 0 Å². The summed E-state index contributed by atoms with van der Waals surface area (Å²) >= 11 is 5.98. The van der Waals surface area contributed by atoms with Gasteiger partial charge in [-0.25, -0.2) is 4.98 Å². The van der Waals surface area contributed by atoms with E-state index in [1.165, 1.54) is 0 Å². The molecule has 2 rings (SSSR count). The maximum atomic E-state index is 5.98. The molecule has 0 amide bonds. The molecule has 0 radical (unpaired) electrons. The van der Waals surface area contributed by atoms with Crippen LogP contribution >= 0.6 is 11.6 Å². The summed E-state index contributed by atoms with van der Waals surface area (Å²) in [5.74, 6) is 1.87. The largest absolute Gasteiger partial charge is 0.493 e. The zero-order valence-electron chi connectivity index (χ0n) is 12.9. The van der Waals surface area contributed by atoms with Crippen LogP contribution in [0.25, 0.3) is 0 Å². The van der Waals surface area contributed by atoms with Gasteiger partial charge in [0.2, 0.25) is 0 Å². The van der Waals surface area contributed by atoms with Gasteiger partial charge in [-0.3, -0.25) is 4.99 Å². The van der Waals surface area contributed by atoms with E-state index in [1.54, 1.807) is 25.6 Å². The normalized spacial score (nSPS) is 11.1. The van der Waals surface area contributed by atoms with E-state index in [9.17, 15) is 0 Å². The van der Waals surface area contributed by atoms with Crippen molar-refractivity contribution >= 4 is 23.5 Å². The number of rotatable bonds is 6. The fraction of sp³-hybridized carbons (Fsp3) is 0.294. The summed E-state index contributed by atoms with van der Waals surface area (Å²) in [7, 11) is 1.62. The van der Waals surface area contributed by atoms with Gasteiger partial charge >= 0.3 is 0 Å². The summed E-state index contributed by atoms with van der Waals surface area (Å²) in [5.41, 5.74) is 1.52. The Kier molecular flexibility index (Phi) is 5.78. The Balaban J connectivity index is 2.17. The third-order valence-corrected chi connectivity index (χ3v) is 3.14. The number of hydrogen-bond acceptors (Lipinski definition) is 4. The summed E-state index contributed by atoms with van der Waals surface area (Å²) in [6, 6.07) is 9.29. The van der Waals surface area contributed by atoms with E-state index < -0.39 is 0 Å². The van der Waals surface area contributed by atoms with Gasteiger partial charge in [0, 0.05) is 12.4 Å². The van der Waals surface area contributed by atoms with Gasteiger partial charge in [0.25, 0.3) is 0 Å². The van der Waals surface area contributed by atoms with Gasteiger partial charge in [-0.05, 0) is 41.8 Å². The van der Waals surface area contributed by atoms with Crippen LogP contribution in [0.4, 0.5) is 5.69 Å². The molecule has 22 heavy (non-hydrogen) atoms. The molecule has 1 heterocycles. The molecule has 0 N–H and O–H groups in total. The minimum Gasteiger partial charge on any atom is -0.493 e. The molecule has 1 aromatic heterocycles. The second-order valence-electron chi connectivity index (χ2n) is 5.19. The van der Waals surface area contributed by atoms with Gasteiger partial charge in [-0.1, -0.05) is 25.4 Å². The molecular formula is C17H19ClN2O2. The highest BCUT2D eigenvalue weighted by Gasteiger charge is 2.06. The molecule has 0 aliphatic heterocycles. The molecule has 0 spiro atoms. The highest BCUT2D eigenvalue weighted by Crippen LogP contribution is 2.28. The first-order valence-corrected chi connectivity index (χ1v) is 7.43. The molecule has 116 valence electrons. The van der Waals surface area contributed by atoms with Crippen molar-refractivity contribution in [3.8, 4) is 11.5 Å². The molecule has 2 aromatic rings. The third-order valence-electron chi connectivity index (χ3n) is 2.85. The van der Waals surface area contributed by atoms with Crippen LogP contribution in [0.15, 0.2) is 41.5 Å². The van der Waals surface area contributed by atoms with Gasteiger partial charge in [-0.15, -0.1) is 0 Å². The zero-order valence-corrected chi connectivity index (χ0v) is 13.7. The maximum Gasteiger partial charge on any atom is 0.161 e. The average molecular weight is 319 g/mol. The number of ether oxygens (including phenoxy) is 2. The molecule has 0 unspecified atom stereocenters. The average Bonchev–Trinajstić information content (AvgIpc) is 2.52. The Morgan fingerprint density at radius 2 is 2.09 bits per heavy atom. The number of nitrogens with zero attached hydrogens (tertiary/aromatic N) is 2. The van der Waals surface area contributed by atoms with Crippen LogP contribution < -0.4 is 9.47 Å². The first-order chi connectivity index (χ1) is 10.6. The summed E-state index contributed by atoms with van der Waals surface area (Å²) in [6.45, 7) is 4.85. The Hall–Kier alpha value is -2.07. The molecule has 4 nitrogen and oxygen atoms in total. The summed E-state index contributed by atoms with van der Waals surface area (Å²) in [4.78, 5) is 8.33. The van der Waals surface area contributed by atoms with Gasteiger partial charge in [0.15, 0.2) is 16.7 Å². The number of benzene rings is 1. The van der Waals surface area contributed by atoms with Crippen molar-refractivity contribution in [1.29, 1.82) is 0 Å². The SMILES string of the molecule is COc1cc(C=Nc2cccnc2Cl)ccc1OCC(C)C. The lowest BCUT2D eigenvalue weighted by Gasteiger charge is -2.12. The van der Waals surface area contributed by atoms with E-state index in [2.05, 4.69) is 23.8 Å². The second-order valence-corrected chi connectivity index (χ2v) is 5.54. The molecular weight excluding hydrogens is 300 g/mol. The predicted octanol–water partition coefficient (Wildman–Crippen LogP) is 4.53. The Morgan fingerprint density at radius 3 is 2.77 bits per heavy atom. The van der Waals surface area contributed by atoms with Crippen molar-refractivity contribution in [2.24, 2.45) is 10.9 Å². The van der Waals surface area contributed by atoms with E-state index in [1.807, 2.05) is 24.3 Å². The zero-order chi connectivity index (χ0) is 15.9. The molecule has 5 heteroatoms. The highest BCUT2D eigenvalue weighted by atomic mass is 35.5. The maximum absolute atomic E-state index is 5.98. The number of aliphatic imine (C=N–C) groups is 1. The van der Waals surface area contributed by atoms with Gasteiger partial charge < -0.3 is 9.47 Å². The smallest absolute Gasteiger partial charge is 0.161 e. The molecule has 0 saturated heterocycles. The van der Waals surface area contributed by atoms with E-state index in [0.717, 1.165) is 11.3 Å². The monoisotopic (exact) mass is 318 g/mol. The van der Waals surface area contributed by atoms with E-state index in [0.29, 0.717) is 29.1 Å². The van der Waals surface area contributed by atoms with Crippen LogP contribution in [0.2, 0.25) is 5.15 Å². The molecule has 0 aliphatic carbocycles. The van der Waals surface area contributed by atoms with Gasteiger partial charge in [0.1, 0.15) is 5.69 Å². The fourth-order valence-electron chi connectivity index (χ4n) is 1.76. The minimum atomic E-state index is 0.377. The van der Waals surface area contributed by atoms with Crippen LogP contribution in [0.3, 0.4) is 0 Å². The molecule has 0 atom stereocenters. The fourth-order valence-corrected chi connectivity index (χ4v) is 1.93. The second kappa shape index (κ2) is 7.80. The van der Waals surface area contributed by atoms with Crippen molar-refractivity contribution in [3.05, 3.63) is 47.2 Å². The Morgan fingerprint density at radius 1 is 1.27 bits per heavy atom. The van der Waals surface area contributed by atoms with Crippen molar-refractivity contribution in [2.75, 3.05) is 13.7 Å². The van der Waals surface area contributed by atoms with Crippen LogP contribution in [-0.2, 0) is 0 Å². The summed E-state index contributed by atoms with van der Waals surface area (Å²) < 4.78 is 11.1. The quantitative estimate of drug-likeness (QED) is 0.580. The predicted molar refractivity (Wildman–Crippen MR) is 89.8 cm³/mol. The van der Waals surface area contributed by atoms with Crippen molar-refractivity contribution in [2.45, 2.75) is 13.8 Å². The Bertz CT molecular complexity index is 657. The third kappa shape index (κ3) is 4.46. The molecule has 1 aromatic carbocycles. The molecule has 0 saturated carbocycles. The first kappa shape index (κ1) is 16.3. The van der Waals surface area contributed by atoms with Crippen LogP contribution in [-0.4, -0.2) is 24.9 Å². The van der Waals surface area contributed by atoms with Crippen LogP contribution in [0.1, 0.15) is 19.4 Å². The topological polar surface area (TPSA) is 43.7 Å². The lowest BCUT2D eigenvalue weighted by molar-refractivity contribution is 0.257. The van der Waals surface area contributed by atoms with E-state index in [4.69, 9.17) is 21.1 Å². The lowest BCUT2D eigenvalue weighted by Crippen LogP contribution is -2.05. The number of methoxy groups -OCH3 is 1. The number of hydrogen-bond donors (Lipinski definition) is 0. The van der Waals surface area contributed by atoms with Crippen LogP contribution in [0, 0.1) is 5.92 Å². The van der Waals surface area contributed by atoms with Crippen molar-refractivity contribution in [1.82, 2.24) is 4.98 Å². The van der Waals surface area contributed by atoms with E-state index in [-0.39, 0.29) is 0 Å². The molecule has 0 fully saturated rings. The standard InChI is InChI=1S/C17H19ClN2O2/c1-12(2)11-22-15-7-6-13(9-16(15)21-3)10-20-14-5-4-8-19-17(14)18/h4-10,12H,11H2,1-3H3. The van der Waals surface area contributed by atoms with Gasteiger partial charge in [0.05, 0.1) is 13.7 Å². The molecule has 0 bridgehead atoms. The Labute approximate surface area is 135 Å². The number of halogens is 1. The molecule has 0 aliphatic rings. The first-order valence-electron chi connectivity index (χ1n) is 7.05. The van der Waals surface area contributed by atoms with Gasteiger partial charge in [-0.2, -0.15) is 0 Å². The van der Waals surface area contributed by atoms with Crippen molar-refractivity contribution < 1.29 is 9.47 Å². The minimum absolute atomic E-state index is 0.377. The van der Waals surface area contributed by atoms with Crippen LogP contribution in [0.5, 0.6) is 11.5 Å².